The minimum absolute atomic E-state index is 0.0453. The van der Waals surface area contributed by atoms with E-state index in [1.54, 1.807) is 25.3 Å². The number of nitrogens with two attached hydrogens (primary N) is 1. The van der Waals surface area contributed by atoms with Gasteiger partial charge in [-0.25, -0.2) is 13.8 Å². The van der Waals surface area contributed by atoms with E-state index in [9.17, 15) is 8.78 Å². The van der Waals surface area contributed by atoms with Crippen molar-refractivity contribution in [2.75, 3.05) is 5.73 Å². The molecule has 134 valence electrons. The predicted octanol–water partition coefficient (Wildman–Crippen LogP) is 4.78. The zero-order valence-corrected chi connectivity index (χ0v) is 14.7. The van der Waals surface area contributed by atoms with E-state index < -0.39 is 11.6 Å². The molecular formula is C17H18ClF2N3O2. The van der Waals surface area contributed by atoms with Crippen LogP contribution in [-0.4, -0.2) is 21.5 Å². The molecule has 8 heteroatoms. The van der Waals surface area contributed by atoms with Crippen molar-refractivity contribution in [3.63, 3.8) is 0 Å². The zero-order valence-electron chi connectivity index (χ0n) is 13.9. The van der Waals surface area contributed by atoms with E-state index in [0.717, 1.165) is 0 Å². The van der Waals surface area contributed by atoms with Gasteiger partial charge in [-0.3, -0.25) is 4.79 Å². The van der Waals surface area contributed by atoms with Crippen LogP contribution in [-0.2, 0) is 4.79 Å². The van der Waals surface area contributed by atoms with Crippen LogP contribution in [0.4, 0.5) is 14.5 Å². The molecule has 3 rings (SSSR count). The quantitative estimate of drug-likeness (QED) is 0.538. The Balaban J connectivity index is 0.000000567. The van der Waals surface area contributed by atoms with Gasteiger partial charge in [0.25, 0.3) is 6.47 Å². The first-order chi connectivity index (χ1) is 11.9. The summed E-state index contributed by atoms with van der Waals surface area (Å²) in [6.07, 6.45) is 1.61. The molecule has 0 aliphatic heterocycles. The van der Waals surface area contributed by atoms with E-state index in [4.69, 9.17) is 27.2 Å². The molecule has 4 N–H and O–H groups in total. The number of aryl methyl sites for hydroxylation is 1. The number of nitrogens with zero attached hydrogens (tertiary/aromatic N) is 1. The highest BCUT2D eigenvalue weighted by molar-refractivity contribution is 6.33. The van der Waals surface area contributed by atoms with Crippen molar-refractivity contribution in [2.45, 2.75) is 20.8 Å². The van der Waals surface area contributed by atoms with E-state index in [-0.39, 0.29) is 28.4 Å². The molecule has 1 aromatic carbocycles. The number of aromatic amines is 1. The lowest BCUT2D eigenvalue weighted by Crippen LogP contribution is -2.02. The molecule has 0 saturated heterocycles. The lowest BCUT2D eigenvalue weighted by atomic mass is 10.1. The van der Waals surface area contributed by atoms with Crippen molar-refractivity contribution < 1.29 is 18.7 Å². The van der Waals surface area contributed by atoms with Crippen LogP contribution in [0.5, 0.6) is 0 Å². The van der Waals surface area contributed by atoms with Crippen LogP contribution >= 0.6 is 11.6 Å². The van der Waals surface area contributed by atoms with Crippen molar-refractivity contribution in [1.82, 2.24) is 9.97 Å². The maximum Gasteiger partial charge on any atom is 0.290 e. The largest absolute Gasteiger partial charge is 0.483 e. The molecule has 0 atom stereocenters. The highest BCUT2D eigenvalue weighted by Gasteiger charge is 2.20. The van der Waals surface area contributed by atoms with Gasteiger partial charge in [0.15, 0.2) is 11.6 Å². The summed E-state index contributed by atoms with van der Waals surface area (Å²) in [4.78, 5) is 15.2. The summed E-state index contributed by atoms with van der Waals surface area (Å²) in [5.74, 6) is -1.38. The van der Waals surface area contributed by atoms with Crippen LogP contribution in [0.1, 0.15) is 19.5 Å². The smallest absolute Gasteiger partial charge is 0.290 e. The lowest BCUT2D eigenvalue weighted by molar-refractivity contribution is -0.122. The Labute approximate surface area is 148 Å². The summed E-state index contributed by atoms with van der Waals surface area (Å²) in [6, 6.07) is 4.89. The number of carbonyl (C=O) groups is 1. The molecule has 0 radical (unpaired) electrons. The second-order valence-electron chi connectivity index (χ2n) is 4.56. The molecule has 2 aromatic heterocycles. The maximum absolute atomic E-state index is 14.4. The second kappa shape index (κ2) is 8.98. The summed E-state index contributed by atoms with van der Waals surface area (Å²) in [6.45, 7) is 5.34. The Kier molecular flexibility index (Phi) is 7.32. The van der Waals surface area contributed by atoms with Crippen LogP contribution in [0.2, 0.25) is 5.02 Å². The topological polar surface area (TPSA) is 92.0 Å². The number of nitrogens with one attached hydrogen (secondary N) is 1. The number of H-pyrrole nitrogens is 1. The number of anilines is 1. The number of rotatable bonds is 1. The Morgan fingerprint density at radius 3 is 2.44 bits per heavy atom. The average molecular weight is 370 g/mol. The first kappa shape index (κ1) is 20.4. The molecule has 0 bridgehead atoms. The molecule has 0 saturated carbocycles. The van der Waals surface area contributed by atoms with Crippen LogP contribution in [0, 0.1) is 18.6 Å². The highest BCUT2D eigenvalue weighted by atomic mass is 35.5. The number of fused-ring (bicyclic) bond motifs is 1. The zero-order chi connectivity index (χ0) is 19.1. The fourth-order valence-corrected chi connectivity index (χ4v) is 2.26. The van der Waals surface area contributed by atoms with Crippen LogP contribution in [0.15, 0.2) is 24.4 Å². The third-order valence-electron chi connectivity index (χ3n) is 3.20. The third-order valence-corrected chi connectivity index (χ3v) is 3.67. The van der Waals surface area contributed by atoms with Gasteiger partial charge in [-0.2, -0.15) is 0 Å². The van der Waals surface area contributed by atoms with Crippen molar-refractivity contribution in [2.24, 2.45) is 0 Å². The van der Waals surface area contributed by atoms with E-state index in [2.05, 4.69) is 9.97 Å². The number of pyridine rings is 1. The predicted molar refractivity (Wildman–Crippen MR) is 95.6 cm³/mol. The van der Waals surface area contributed by atoms with Gasteiger partial charge in [0.05, 0.1) is 21.9 Å². The van der Waals surface area contributed by atoms with E-state index in [1.165, 1.54) is 6.07 Å². The molecule has 2 heterocycles. The lowest BCUT2D eigenvalue weighted by Gasteiger charge is -2.10. The second-order valence-corrected chi connectivity index (χ2v) is 4.94. The van der Waals surface area contributed by atoms with Gasteiger partial charge in [0, 0.05) is 17.1 Å². The van der Waals surface area contributed by atoms with Gasteiger partial charge < -0.3 is 15.8 Å². The Hall–Kier alpha value is -2.67. The maximum atomic E-state index is 14.4. The number of benzene rings is 1. The summed E-state index contributed by atoms with van der Waals surface area (Å²) >= 11 is 5.83. The summed E-state index contributed by atoms with van der Waals surface area (Å²) < 4.78 is 28.6. The summed E-state index contributed by atoms with van der Waals surface area (Å²) in [5, 5.41) is 7.64. The first-order valence-electron chi connectivity index (χ1n) is 7.37. The first-order valence-corrected chi connectivity index (χ1v) is 7.75. The minimum Gasteiger partial charge on any atom is -0.483 e. The van der Waals surface area contributed by atoms with Crippen molar-refractivity contribution in [1.29, 1.82) is 0 Å². The molecule has 0 aliphatic carbocycles. The number of halogens is 3. The SMILES string of the molecule is CC.Cc1nc(-c2ccc3cc[nH]c3c2F)c(F)c(N)c1Cl.O=CO. The Morgan fingerprint density at radius 2 is 1.84 bits per heavy atom. The number of aromatic nitrogens is 2. The Bertz CT molecular complexity index is 882. The van der Waals surface area contributed by atoms with Crippen LogP contribution in [0.25, 0.3) is 22.2 Å². The molecule has 5 nitrogen and oxygen atoms in total. The van der Waals surface area contributed by atoms with E-state index in [1.807, 2.05) is 13.8 Å². The molecule has 0 unspecified atom stereocenters. The average Bonchev–Trinajstić information content (AvgIpc) is 3.09. The molecule has 0 spiro atoms. The molecule has 0 aliphatic rings. The third kappa shape index (κ3) is 4.06. The van der Waals surface area contributed by atoms with Gasteiger partial charge in [-0.1, -0.05) is 31.5 Å². The fourth-order valence-electron chi connectivity index (χ4n) is 2.14. The molecule has 3 aromatic rings. The normalized spacial score (nSPS) is 9.68. The summed E-state index contributed by atoms with van der Waals surface area (Å²) in [7, 11) is 0. The van der Waals surface area contributed by atoms with Gasteiger partial charge >= 0.3 is 0 Å². The fraction of sp³-hybridized carbons (Fsp3) is 0.176. The molecular weight excluding hydrogens is 352 g/mol. The van der Waals surface area contributed by atoms with Crippen molar-refractivity contribution >= 4 is 34.7 Å². The number of nitrogen functional groups attached to an aromatic ring is 1. The van der Waals surface area contributed by atoms with Gasteiger partial charge in [-0.15, -0.1) is 0 Å². The van der Waals surface area contributed by atoms with Crippen LogP contribution < -0.4 is 5.73 Å². The minimum atomic E-state index is -0.814. The monoisotopic (exact) mass is 369 g/mol. The van der Waals surface area contributed by atoms with Gasteiger partial charge in [0.1, 0.15) is 5.69 Å². The van der Waals surface area contributed by atoms with Gasteiger partial charge in [-0.05, 0) is 19.1 Å². The molecule has 25 heavy (non-hydrogen) atoms. The molecule has 0 amide bonds. The number of hydrogen-bond donors (Lipinski definition) is 3. The highest BCUT2D eigenvalue weighted by Crippen LogP contribution is 2.34. The van der Waals surface area contributed by atoms with Crippen molar-refractivity contribution in [3.8, 4) is 11.3 Å². The molecule has 0 fully saturated rings. The van der Waals surface area contributed by atoms with Gasteiger partial charge in [0.2, 0.25) is 0 Å². The number of carboxylic acid groups (broad SMARTS) is 1. The summed E-state index contributed by atoms with van der Waals surface area (Å²) in [5.41, 5.74) is 5.92. The van der Waals surface area contributed by atoms with Crippen molar-refractivity contribution in [3.05, 3.63) is 46.7 Å². The Morgan fingerprint density at radius 1 is 1.24 bits per heavy atom. The van der Waals surface area contributed by atoms with E-state index >= 15 is 0 Å². The van der Waals surface area contributed by atoms with Crippen LogP contribution in [0.3, 0.4) is 0 Å². The standard InChI is InChI=1S/C14H10ClF2N3.C2H6.CH2O2/c1-6-9(15)12(18)11(17)14(20-6)8-3-2-7-4-5-19-13(7)10(8)16;1-2;2-1-3/h2-5,19H,1H3,(H2,18,20);1-2H3;1H,(H,2,3). The van der Waals surface area contributed by atoms with E-state index in [0.29, 0.717) is 16.6 Å². The number of hydrogen-bond acceptors (Lipinski definition) is 3.